The minimum absolute atomic E-state index is 0.0413. The van der Waals surface area contributed by atoms with Gasteiger partial charge in [0.1, 0.15) is 11.6 Å². The molecular weight excluding hydrogens is 396 g/mol. The Labute approximate surface area is 159 Å². The number of fused-ring (bicyclic) bond motifs is 1. The third kappa shape index (κ3) is 3.36. The number of hydrogen-bond donors (Lipinski definition) is 1. The number of rotatable bonds is 3. The molecule has 1 aliphatic rings. The average Bonchev–Trinajstić information content (AvgIpc) is 3.07. The van der Waals surface area contributed by atoms with Crippen LogP contribution in [0.5, 0.6) is 0 Å². The summed E-state index contributed by atoms with van der Waals surface area (Å²) in [5.74, 6) is -1.52. The molecule has 2 heterocycles. The molecule has 0 spiro atoms. The van der Waals surface area contributed by atoms with E-state index in [1.807, 2.05) is 0 Å². The number of hydrogen-bond acceptors (Lipinski definition) is 3. The van der Waals surface area contributed by atoms with Gasteiger partial charge in [0.2, 0.25) is 10.0 Å². The van der Waals surface area contributed by atoms with Crippen molar-refractivity contribution in [1.29, 1.82) is 0 Å². The van der Waals surface area contributed by atoms with Gasteiger partial charge >= 0.3 is 0 Å². The van der Waals surface area contributed by atoms with E-state index in [0.29, 0.717) is 5.02 Å². The monoisotopic (exact) mass is 409 g/mol. The molecule has 0 amide bonds. The minimum Gasteiger partial charge on any atom is -0.282 e. The van der Waals surface area contributed by atoms with Crippen LogP contribution in [0.1, 0.15) is 22.9 Å². The van der Waals surface area contributed by atoms with E-state index in [4.69, 9.17) is 11.6 Å². The molecule has 5 nitrogen and oxygen atoms in total. The number of halogens is 3. The first-order chi connectivity index (χ1) is 12.8. The molecule has 0 fully saturated rings. The smallest absolute Gasteiger partial charge is 0.243 e. The molecule has 0 aliphatic carbocycles. The van der Waals surface area contributed by atoms with E-state index in [-0.39, 0.29) is 23.4 Å². The zero-order valence-corrected chi connectivity index (χ0v) is 15.4. The zero-order valence-electron chi connectivity index (χ0n) is 13.9. The molecule has 0 radical (unpaired) electrons. The standard InChI is InChI=1S/C18H14ClF2N3O2S/c19-13-1-3-16(4-2-13)27(25,26)24-10-12-9-22-23-17(12)8-18(24)11-5-14(20)7-15(21)6-11/h1-7,9,18H,8,10H2,(H,22,23). The summed E-state index contributed by atoms with van der Waals surface area (Å²) in [5, 5.41) is 7.20. The third-order valence-corrected chi connectivity index (χ3v) is 6.69. The predicted octanol–water partition coefficient (Wildman–Crippen LogP) is 3.83. The normalized spacial score (nSPS) is 17.7. The molecule has 1 aliphatic heterocycles. The Morgan fingerprint density at radius 2 is 1.78 bits per heavy atom. The largest absolute Gasteiger partial charge is 0.282 e. The van der Waals surface area contributed by atoms with Gasteiger partial charge in [-0.15, -0.1) is 0 Å². The highest BCUT2D eigenvalue weighted by Gasteiger charge is 2.37. The summed E-state index contributed by atoms with van der Waals surface area (Å²) in [6.07, 6.45) is 1.78. The lowest BCUT2D eigenvalue weighted by Crippen LogP contribution is -2.38. The molecule has 3 aromatic rings. The van der Waals surface area contributed by atoms with Gasteiger partial charge in [-0.2, -0.15) is 9.40 Å². The van der Waals surface area contributed by atoms with Gasteiger partial charge in [-0.25, -0.2) is 17.2 Å². The van der Waals surface area contributed by atoms with Gasteiger partial charge in [-0.3, -0.25) is 5.10 Å². The van der Waals surface area contributed by atoms with Crippen LogP contribution in [0.2, 0.25) is 5.02 Å². The van der Waals surface area contributed by atoms with Crippen molar-refractivity contribution in [3.05, 3.63) is 82.1 Å². The van der Waals surface area contributed by atoms with E-state index in [2.05, 4.69) is 10.2 Å². The maximum absolute atomic E-state index is 13.8. The van der Waals surface area contributed by atoms with E-state index in [1.165, 1.54) is 28.6 Å². The topological polar surface area (TPSA) is 66.1 Å². The van der Waals surface area contributed by atoms with Crippen molar-refractivity contribution < 1.29 is 17.2 Å². The van der Waals surface area contributed by atoms with Crippen LogP contribution in [0, 0.1) is 11.6 Å². The van der Waals surface area contributed by atoms with E-state index >= 15 is 0 Å². The molecule has 1 N–H and O–H groups in total. The molecule has 0 bridgehead atoms. The summed E-state index contributed by atoms with van der Waals surface area (Å²) in [6, 6.07) is 8.07. The fourth-order valence-electron chi connectivity index (χ4n) is 3.27. The first-order valence-corrected chi connectivity index (χ1v) is 9.91. The molecular formula is C18H14ClF2N3O2S. The third-order valence-electron chi connectivity index (χ3n) is 4.57. The summed E-state index contributed by atoms with van der Waals surface area (Å²) < 4.78 is 55.3. The van der Waals surface area contributed by atoms with Crippen molar-refractivity contribution in [2.24, 2.45) is 0 Å². The molecule has 140 valence electrons. The highest BCUT2D eigenvalue weighted by Crippen LogP contribution is 2.37. The molecule has 2 aromatic carbocycles. The Hall–Kier alpha value is -2.29. The Morgan fingerprint density at radius 3 is 2.44 bits per heavy atom. The number of aromatic nitrogens is 2. The lowest BCUT2D eigenvalue weighted by Gasteiger charge is -2.34. The van der Waals surface area contributed by atoms with Gasteiger partial charge in [0.05, 0.1) is 17.1 Å². The van der Waals surface area contributed by atoms with Crippen LogP contribution in [-0.4, -0.2) is 22.9 Å². The molecule has 0 saturated heterocycles. The summed E-state index contributed by atoms with van der Waals surface area (Å²) in [7, 11) is -3.93. The maximum Gasteiger partial charge on any atom is 0.243 e. The maximum atomic E-state index is 13.8. The Bertz CT molecular complexity index is 1080. The van der Waals surface area contributed by atoms with Gasteiger partial charge in [-0.1, -0.05) is 11.6 Å². The van der Waals surface area contributed by atoms with E-state index in [9.17, 15) is 17.2 Å². The van der Waals surface area contributed by atoms with Crippen molar-refractivity contribution in [1.82, 2.24) is 14.5 Å². The van der Waals surface area contributed by atoms with Gasteiger partial charge < -0.3 is 0 Å². The van der Waals surface area contributed by atoms with Crippen LogP contribution in [0.4, 0.5) is 8.78 Å². The van der Waals surface area contributed by atoms with E-state index in [0.717, 1.165) is 29.5 Å². The second kappa shape index (κ2) is 6.70. The quantitative estimate of drug-likeness (QED) is 0.715. The average molecular weight is 410 g/mol. The number of H-pyrrole nitrogens is 1. The molecule has 4 rings (SSSR count). The van der Waals surface area contributed by atoms with Crippen molar-refractivity contribution in [2.45, 2.75) is 23.9 Å². The summed E-state index contributed by atoms with van der Waals surface area (Å²) in [4.78, 5) is 0.0562. The first-order valence-electron chi connectivity index (χ1n) is 8.09. The highest BCUT2D eigenvalue weighted by atomic mass is 35.5. The minimum atomic E-state index is -3.93. The summed E-state index contributed by atoms with van der Waals surface area (Å²) in [5.41, 5.74) is 1.71. The number of aromatic amines is 1. The van der Waals surface area contributed by atoms with E-state index < -0.39 is 27.7 Å². The van der Waals surface area contributed by atoms with Crippen molar-refractivity contribution in [3.8, 4) is 0 Å². The highest BCUT2D eigenvalue weighted by molar-refractivity contribution is 7.89. The van der Waals surface area contributed by atoms with Gasteiger partial charge in [0.15, 0.2) is 0 Å². The van der Waals surface area contributed by atoms with Crippen LogP contribution < -0.4 is 0 Å². The number of sulfonamides is 1. The van der Waals surface area contributed by atoms with Crippen molar-refractivity contribution in [2.75, 3.05) is 0 Å². The number of benzene rings is 2. The van der Waals surface area contributed by atoms with Crippen LogP contribution in [0.25, 0.3) is 0 Å². The van der Waals surface area contributed by atoms with Crippen LogP contribution >= 0.6 is 11.6 Å². The van der Waals surface area contributed by atoms with Gasteiger partial charge in [-0.05, 0) is 42.0 Å². The van der Waals surface area contributed by atoms with Crippen molar-refractivity contribution >= 4 is 21.6 Å². The fourth-order valence-corrected chi connectivity index (χ4v) is 4.99. The lowest BCUT2D eigenvalue weighted by molar-refractivity contribution is 0.293. The number of nitrogens with one attached hydrogen (secondary N) is 1. The Morgan fingerprint density at radius 1 is 1.11 bits per heavy atom. The molecule has 0 saturated carbocycles. The molecule has 9 heteroatoms. The van der Waals surface area contributed by atoms with Crippen LogP contribution in [0.15, 0.2) is 53.6 Å². The molecule has 27 heavy (non-hydrogen) atoms. The second-order valence-corrected chi connectivity index (χ2v) is 8.63. The Balaban J connectivity index is 1.83. The SMILES string of the molecule is O=S(=O)(c1ccc(Cl)cc1)N1Cc2cn[nH]c2CC1c1cc(F)cc(F)c1. The zero-order chi connectivity index (χ0) is 19.2. The molecule has 1 unspecified atom stereocenters. The second-order valence-electron chi connectivity index (χ2n) is 6.30. The fraction of sp³-hybridized carbons (Fsp3) is 0.167. The van der Waals surface area contributed by atoms with E-state index in [1.54, 1.807) is 6.20 Å². The van der Waals surface area contributed by atoms with Crippen LogP contribution in [0.3, 0.4) is 0 Å². The predicted molar refractivity (Wildman–Crippen MR) is 95.6 cm³/mol. The summed E-state index contributed by atoms with van der Waals surface area (Å²) >= 11 is 5.86. The number of nitrogens with zero attached hydrogens (tertiary/aromatic N) is 2. The van der Waals surface area contributed by atoms with Gasteiger partial charge in [0, 0.05) is 35.3 Å². The Kier molecular flexibility index (Phi) is 4.49. The molecule has 1 aromatic heterocycles. The van der Waals surface area contributed by atoms with Crippen molar-refractivity contribution in [3.63, 3.8) is 0 Å². The summed E-state index contributed by atoms with van der Waals surface area (Å²) in [6.45, 7) is 0.0413. The van der Waals surface area contributed by atoms with Crippen LogP contribution in [-0.2, 0) is 23.0 Å². The first kappa shape index (κ1) is 18.1. The molecule has 1 atom stereocenters. The lowest BCUT2D eigenvalue weighted by atomic mass is 9.96. The van der Waals surface area contributed by atoms with Gasteiger partial charge in [0.25, 0.3) is 0 Å².